The summed E-state index contributed by atoms with van der Waals surface area (Å²) in [6.45, 7) is 6.87. The van der Waals surface area contributed by atoms with Gasteiger partial charge in [-0.25, -0.2) is 0 Å². The van der Waals surface area contributed by atoms with Gasteiger partial charge in [0.1, 0.15) is 5.69 Å². The number of nitrogens with zero attached hydrogens (tertiary/aromatic N) is 3. The first-order valence-electron chi connectivity index (χ1n) is 11.7. The van der Waals surface area contributed by atoms with Crippen LogP contribution < -0.4 is 9.47 Å². The molecule has 0 unspecified atom stereocenters. The number of amides is 1. The second-order valence-electron chi connectivity index (χ2n) is 9.03. The second-order valence-corrected chi connectivity index (χ2v) is 9.03. The van der Waals surface area contributed by atoms with E-state index >= 15 is 0 Å². The predicted octanol–water partition coefficient (Wildman–Crippen LogP) is 4.28. The summed E-state index contributed by atoms with van der Waals surface area (Å²) in [4.78, 5) is 17.9. The molecule has 1 amide bonds. The third-order valence-electron chi connectivity index (χ3n) is 6.71. The number of carbonyl (C=O) groups excluding carboxylic acids is 1. The molecule has 0 spiro atoms. The molecule has 7 nitrogen and oxygen atoms in total. The lowest BCUT2D eigenvalue weighted by Gasteiger charge is -2.35. The lowest BCUT2D eigenvalue weighted by atomic mass is 10.1. The van der Waals surface area contributed by atoms with Gasteiger partial charge in [0.05, 0.1) is 11.8 Å². The number of benzene rings is 2. The Balaban J connectivity index is 1.15. The van der Waals surface area contributed by atoms with E-state index in [4.69, 9.17) is 13.9 Å². The van der Waals surface area contributed by atoms with Gasteiger partial charge in [-0.15, -0.1) is 0 Å². The number of aryl methyl sites for hydroxylation is 1. The van der Waals surface area contributed by atoms with Gasteiger partial charge in [-0.05, 0) is 30.2 Å². The van der Waals surface area contributed by atoms with Crippen LogP contribution in [0.4, 0.5) is 0 Å². The Labute approximate surface area is 198 Å². The molecule has 6 rings (SSSR count). The number of ether oxygens (including phenoxy) is 2. The van der Waals surface area contributed by atoms with Crippen LogP contribution in [0.25, 0.3) is 11.1 Å². The fraction of sp³-hybridized carbons (Fsp3) is 0.296. The number of fused-ring (bicyclic) bond motifs is 2. The average Bonchev–Trinajstić information content (AvgIpc) is 3.58. The zero-order chi connectivity index (χ0) is 23.1. The summed E-state index contributed by atoms with van der Waals surface area (Å²) in [6.07, 6.45) is 1.68. The summed E-state index contributed by atoms with van der Waals surface area (Å²) in [6, 6.07) is 18.3. The number of piperazine rings is 1. The van der Waals surface area contributed by atoms with E-state index in [1.165, 1.54) is 11.1 Å². The highest BCUT2D eigenvalue weighted by molar-refractivity contribution is 5.97. The highest BCUT2D eigenvalue weighted by Gasteiger charge is 2.26. The molecule has 4 heterocycles. The van der Waals surface area contributed by atoms with Crippen LogP contribution in [0, 0.1) is 6.92 Å². The van der Waals surface area contributed by atoms with Crippen molar-refractivity contribution in [1.29, 1.82) is 0 Å². The van der Waals surface area contributed by atoms with Crippen molar-refractivity contribution in [2.24, 2.45) is 0 Å². The molecular formula is C27H27N3O4. The minimum Gasteiger partial charge on any atom is -0.463 e. The summed E-state index contributed by atoms with van der Waals surface area (Å²) in [5.41, 5.74) is 5.95. The van der Waals surface area contributed by atoms with Crippen molar-refractivity contribution in [1.82, 2.24) is 14.4 Å². The minimum absolute atomic E-state index is 0.0567. The summed E-state index contributed by atoms with van der Waals surface area (Å²) < 4.78 is 18.6. The quantitative estimate of drug-likeness (QED) is 0.448. The standard InChI is InChI=1S/C27H27N3O4/c1-19-2-4-20(5-3-19)17-30-22-8-13-32-25(22)15-23(30)27(31)29-11-9-28(10-12-29)16-21-6-7-24-26(14-21)34-18-33-24/h2-8,13-15H,9-12,16-18H2,1H3. The molecule has 174 valence electrons. The van der Waals surface area contributed by atoms with Crippen molar-refractivity contribution in [3.63, 3.8) is 0 Å². The van der Waals surface area contributed by atoms with Crippen molar-refractivity contribution in [3.05, 3.63) is 83.2 Å². The maximum Gasteiger partial charge on any atom is 0.270 e. The van der Waals surface area contributed by atoms with Crippen LogP contribution in [0.2, 0.25) is 0 Å². The van der Waals surface area contributed by atoms with Crippen molar-refractivity contribution in [3.8, 4) is 11.5 Å². The van der Waals surface area contributed by atoms with Gasteiger partial charge < -0.3 is 23.4 Å². The molecule has 7 heteroatoms. The number of aromatic nitrogens is 1. The molecule has 0 bridgehead atoms. The van der Waals surface area contributed by atoms with Crippen LogP contribution in [0.5, 0.6) is 11.5 Å². The van der Waals surface area contributed by atoms with E-state index in [1.807, 2.05) is 29.2 Å². The van der Waals surface area contributed by atoms with E-state index in [9.17, 15) is 4.79 Å². The first kappa shape index (κ1) is 20.9. The van der Waals surface area contributed by atoms with Gasteiger partial charge in [0.25, 0.3) is 5.91 Å². The first-order chi connectivity index (χ1) is 16.6. The van der Waals surface area contributed by atoms with Crippen LogP contribution in [-0.4, -0.2) is 53.2 Å². The monoisotopic (exact) mass is 457 g/mol. The van der Waals surface area contributed by atoms with E-state index in [1.54, 1.807) is 6.26 Å². The van der Waals surface area contributed by atoms with Crippen molar-refractivity contribution >= 4 is 17.0 Å². The summed E-state index contributed by atoms with van der Waals surface area (Å²) in [5.74, 6) is 1.67. The normalized spacial score (nSPS) is 15.9. The summed E-state index contributed by atoms with van der Waals surface area (Å²) in [7, 11) is 0. The van der Waals surface area contributed by atoms with Gasteiger partial charge in [0, 0.05) is 51.4 Å². The Bertz CT molecular complexity index is 1330. The molecule has 1 saturated heterocycles. The number of hydrogen-bond donors (Lipinski definition) is 0. The molecule has 2 aromatic carbocycles. The zero-order valence-corrected chi connectivity index (χ0v) is 19.2. The molecule has 0 aliphatic carbocycles. The highest BCUT2D eigenvalue weighted by atomic mass is 16.7. The fourth-order valence-corrected chi connectivity index (χ4v) is 4.77. The molecule has 0 saturated carbocycles. The Morgan fingerprint density at radius 2 is 1.62 bits per heavy atom. The van der Waals surface area contributed by atoms with Gasteiger partial charge in [-0.2, -0.15) is 0 Å². The van der Waals surface area contributed by atoms with Gasteiger partial charge >= 0.3 is 0 Å². The molecule has 0 radical (unpaired) electrons. The molecule has 4 aromatic rings. The first-order valence-corrected chi connectivity index (χ1v) is 11.7. The topological polar surface area (TPSA) is 60.1 Å². The van der Waals surface area contributed by atoms with E-state index in [0.29, 0.717) is 25.3 Å². The van der Waals surface area contributed by atoms with Gasteiger partial charge in [0.2, 0.25) is 6.79 Å². The van der Waals surface area contributed by atoms with E-state index in [0.717, 1.165) is 47.8 Å². The Kier molecular flexibility index (Phi) is 5.26. The van der Waals surface area contributed by atoms with Crippen LogP contribution in [0.1, 0.15) is 27.2 Å². The summed E-state index contributed by atoms with van der Waals surface area (Å²) >= 11 is 0. The van der Waals surface area contributed by atoms with Gasteiger partial charge in [0.15, 0.2) is 17.1 Å². The Hall–Kier alpha value is -3.71. The van der Waals surface area contributed by atoms with Gasteiger partial charge in [-0.3, -0.25) is 9.69 Å². The molecule has 2 aliphatic rings. The molecular weight excluding hydrogens is 430 g/mol. The fourth-order valence-electron chi connectivity index (χ4n) is 4.77. The van der Waals surface area contributed by atoms with Crippen molar-refractivity contribution < 1.29 is 18.7 Å². The third kappa shape index (κ3) is 3.92. The van der Waals surface area contributed by atoms with Crippen LogP contribution in [0.15, 0.2) is 65.3 Å². The molecule has 2 aliphatic heterocycles. The summed E-state index contributed by atoms with van der Waals surface area (Å²) in [5, 5.41) is 0. The number of rotatable bonds is 5. The molecule has 2 aromatic heterocycles. The van der Waals surface area contributed by atoms with Gasteiger partial charge in [-0.1, -0.05) is 35.9 Å². The SMILES string of the molecule is Cc1ccc(Cn2c(C(=O)N3CCN(Cc4ccc5c(c4)OCO5)CC3)cc3occc32)cc1. The van der Waals surface area contributed by atoms with Crippen LogP contribution in [-0.2, 0) is 13.1 Å². The maximum absolute atomic E-state index is 13.5. The Morgan fingerprint density at radius 3 is 2.44 bits per heavy atom. The smallest absolute Gasteiger partial charge is 0.270 e. The zero-order valence-electron chi connectivity index (χ0n) is 19.2. The van der Waals surface area contributed by atoms with Crippen LogP contribution >= 0.6 is 0 Å². The molecule has 0 N–H and O–H groups in total. The largest absolute Gasteiger partial charge is 0.463 e. The lowest BCUT2D eigenvalue weighted by molar-refractivity contribution is 0.0619. The van der Waals surface area contributed by atoms with Crippen molar-refractivity contribution in [2.75, 3.05) is 33.0 Å². The van der Waals surface area contributed by atoms with Crippen LogP contribution in [0.3, 0.4) is 0 Å². The highest BCUT2D eigenvalue weighted by Crippen LogP contribution is 2.33. The van der Waals surface area contributed by atoms with Crippen molar-refractivity contribution in [2.45, 2.75) is 20.0 Å². The van der Waals surface area contributed by atoms with E-state index in [2.05, 4.69) is 46.7 Å². The maximum atomic E-state index is 13.5. The minimum atomic E-state index is 0.0567. The Morgan fingerprint density at radius 1 is 0.853 bits per heavy atom. The molecule has 34 heavy (non-hydrogen) atoms. The van der Waals surface area contributed by atoms with E-state index < -0.39 is 0 Å². The number of furan rings is 1. The van der Waals surface area contributed by atoms with E-state index in [-0.39, 0.29) is 12.7 Å². The third-order valence-corrected chi connectivity index (χ3v) is 6.71. The number of carbonyl (C=O) groups is 1. The number of hydrogen-bond acceptors (Lipinski definition) is 5. The second kappa shape index (κ2) is 8.57. The molecule has 0 atom stereocenters. The molecule has 1 fully saturated rings. The average molecular weight is 458 g/mol. The predicted molar refractivity (Wildman–Crippen MR) is 128 cm³/mol. The lowest BCUT2D eigenvalue weighted by Crippen LogP contribution is -2.48.